The van der Waals surface area contributed by atoms with Crippen LogP contribution in [0.5, 0.6) is 0 Å². The van der Waals surface area contributed by atoms with Crippen LogP contribution in [0, 0.1) is 30.6 Å². The number of rotatable bonds is 7. The standard InChI is InChI=1S/C42H33FN3O.C16H17FN.Ir/c1-25(2)30-15-10-16-31(26(3)4)39(30)46-41(45-37-22-29(24-44-42(37)46)27-12-6-5-7-13-27)35-18-11-17-34-33-21-20-28(23-38(33)47-40(34)35)32-14-8-9-19-36(32)43;1-11-5-7-13(14(17)9-11)15-8-6-12(10-18-15)16(2,3)4;/h5-17,19-26H,1-4H3;5-6,8-10H,1-4H3;/q2*-1;/i;1D3;. The van der Waals surface area contributed by atoms with Crippen LogP contribution in [0.1, 0.15) is 86.7 Å². The van der Waals surface area contributed by atoms with Crippen LogP contribution in [0.4, 0.5) is 8.78 Å². The normalized spacial score (nSPS) is 12.5. The summed E-state index contributed by atoms with van der Waals surface area (Å²) < 4.78 is 59.5. The van der Waals surface area contributed by atoms with Crippen LogP contribution < -0.4 is 0 Å². The number of hydrogen-bond donors (Lipinski definition) is 0. The van der Waals surface area contributed by atoms with Crippen molar-refractivity contribution < 1.29 is 37.4 Å². The molecule has 8 heteroatoms. The minimum absolute atomic E-state index is 0. The molecule has 66 heavy (non-hydrogen) atoms. The number of aryl methyl sites for hydroxylation is 1. The van der Waals surface area contributed by atoms with E-state index in [0.29, 0.717) is 28.2 Å². The monoisotopic (exact) mass is 1050 g/mol. The fourth-order valence-corrected chi connectivity index (χ4v) is 8.32. The molecule has 0 saturated carbocycles. The van der Waals surface area contributed by atoms with Crippen LogP contribution in [-0.2, 0) is 25.5 Å². The van der Waals surface area contributed by atoms with E-state index in [-0.39, 0.29) is 54.3 Å². The predicted octanol–water partition coefficient (Wildman–Crippen LogP) is 15.8. The predicted molar refractivity (Wildman–Crippen MR) is 261 cm³/mol. The smallest absolute Gasteiger partial charge is 0.155 e. The Bertz CT molecular complexity index is 3440. The maximum Gasteiger partial charge on any atom is 0.155 e. The molecule has 0 spiro atoms. The van der Waals surface area contributed by atoms with E-state index in [9.17, 15) is 8.78 Å². The minimum Gasteiger partial charge on any atom is -0.501 e. The van der Waals surface area contributed by atoms with Gasteiger partial charge in [-0.2, -0.15) is 0 Å². The molecule has 0 aliphatic rings. The molecule has 1 radical (unpaired) electrons. The molecule has 0 saturated heterocycles. The van der Waals surface area contributed by atoms with Crippen molar-refractivity contribution in [1.82, 2.24) is 19.5 Å². The number of imidazole rings is 1. The van der Waals surface area contributed by atoms with E-state index in [4.69, 9.17) is 18.5 Å². The zero-order chi connectivity index (χ0) is 48.1. The van der Waals surface area contributed by atoms with Gasteiger partial charge in [-0.1, -0.05) is 163 Å². The van der Waals surface area contributed by atoms with Crippen molar-refractivity contribution in [2.45, 2.75) is 72.6 Å². The Kier molecular flexibility index (Phi) is 11.9. The molecule has 0 N–H and O–H groups in total. The second-order valence-corrected chi connectivity index (χ2v) is 18.0. The van der Waals surface area contributed by atoms with E-state index >= 15 is 0 Å². The summed E-state index contributed by atoms with van der Waals surface area (Å²) in [5, 5.41) is 1.90. The molecular weight excluding hydrogens is 999 g/mol. The molecule has 0 fully saturated rings. The maximum absolute atomic E-state index is 14.7. The number of para-hydroxylation sites is 1. The molecule has 333 valence electrons. The number of nitrogens with zero attached hydrogens (tertiary/aromatic N) is 4. The van der Waals surface area contributed by atoms with Gasteiger partial charge in [0.25, 0.3) is 0 Å². The van der Waals surface area contributed by atoms with Gasteiger partial charge in [-0.3, -0.25) is 9.37 Å². The van der Waals surface area contributed by atoms with E-state index in [0.717, 1.165) is 61.5 Å². The Hall–Kier alpha value is -6.60. The van der Waals surface area contributed by atoms with Gasteiger partial charge in [0.05, 0.1) is 16.9 Å². The molecule has 0 atom stereocenters. The number of fused-ring (bicyclic) bond motifs is 4. The SMILES string of the molecule is CC(C)c1cccc(C(C)C)c1-n1c(-c2[c-]ccc3c2oc2cc(-c4ccccc4F)ccc23)nc2cc(-c3ccccc3)cnc21.[2H]C([2H])([2H])c1c[c-]c(-c2ccc(C(C)(C)C)cn2)c(F)c1.[Ir]. The summed E-state index contributed by atoms with van der Waals surface area (Å²) >= 11 is 0. The molecule has 4 heterocycles. The largest absolute Gasteiger partial charge is 0.501 e. The Morgan fingerprint density at radius 1 is 0.682 bits per heavy atom. The van der Waals surface area contributed by atoms with Crippen LogP contribution in [0.3, 0.4) is 0 Å². The molecule has 10 rings (SSSR count). The van der Waals surface area contributed by atoms with E-state index in [1.54, 1.807) is 24.4 Å². The quantitative estimate of drug-likeness (QED) is 0.149. The molecule has 0 bridgehead atoms. The van der Waals surface area contributed by atoms with Crippen molar-refractivity contribution in [3.63, 3.8) is 0 Å². The topological polar surface area (TPSA) is 56.7 Å². The molecule has 4 aromatic heterocycles. The van der Waals surface area contributed by atoms with Gasteiger partial charge in [-0.25, -0.2) is 9.37 Å². The van der Waals surface area contributed by atoms with Crippen molar-refractivity contribution in [3.05, 3.63) is 192 Å². The van der Waals surface area contributed by atoms with E-state index < -0.39 is 12.7 Å². The molecular formula is C58H50F2IrN4O-2. The Morgan fingerprint density at radius 2 is 1.42 bits per heavy atom. The number of furan rings is 1. The van der Waals surface area contributed by atoms with Crippen molar-refractivity contribution in [1.29, 1.82) is 0 Å². The summed E-state index contributed by atoms with van der Waals surface area (Å²) in [5.41, 5.74) is 12.2. The minimum atomic E-state index is -2.33. The van der Waals surface area contributed by atoms with Crippen LogP contribution in [0.2, 0.25) is 0 Å². The van der Waals surface area contributed by atoms with Crippen LogP contribution in [0.25, 0.3) is 83.7 Å². The van der Waals surface area contributed by atoms with Crippen molar-refractivity contribution >= 4 is 33.1 Å². The Balaban J connectivity index is 0.000000246. The zero-order valence-corrected chi connectivity index (χ0v) is 40.2. The second kappa shape index (κ2) is 18.7. The molecule has 10 aromatic rings. The number of aromatic nitrogens is 4. The molecule has 0 aliphatic heterocycles. The number of halogens is 2. The molecule has 6 aromatic carbocycles. The Labute approximate surface area is 403 Å². The second-order valence-electron chi connectivity index (χ2n) is 18.0. The zero-order valence-electron chi connectivity index (χ0n) is 40.8. The van der Waals surface area contributed by atoms with Crippen LogP contribution >= 0.6 is 0 Å². The third-order valence-electron chi connectivity index (χ3n) is 11.8. The van der Waals surface area contributed by atoms with E-state index in [1.807, 2.05) is 66.9 Å². The van der Waals surface area contributed by atoms with Crippen molar-refractivity contribution in [2.24, 2.45) is 0 Å². The summed E-state index contributed by atoms with van der Waals surface area (Å²) in [7, 11) is 0. The first-order valence-corrected chi connectivity index (χ1v) is 21.9. The fraction of sp³-hybridized carbons (Fsp3) is 0.190. The van der Waals surface area contributed by atoms with E-state index in [1.165, 1.54) is 23.3 Å². The van der Waals surface area contributed by atoms with Gasteiger partial charge in [0, 0.05) is 64.6 Å². The third kappa shape index (κ3) is 8.88. The third-order valence-corrected chi connectivity index (χ3v) is 11.8. The van der Waals surface area contributed by atoms with Gasteiger partial charge in [-0.15, -0.1) is 42.0 Å². The number of hydrogen-bond acceptors (Lipinski definition) is 4. The summed E-state index contributed by atoms with van der Waals surface area (Å²) in [6, 6.07) is 47.7. The van der Waals surface area contributed by atoms with Crippen molar-refractivity contribution in [2.75, 3.05) is 0 Å². The molecule has 0 aliphatic carbocycles. The van der Waals surface area contributed by atoms with Gasteiger partial charge in [0.1, 0.15) is 11.4 Å². The summed E-state index contributed by atoms with van der Waals surface area (Å²) in [4.78, 5) is 14.6. The van der Waals surface area contributed by atoms with Gasteiger partial charge < -0.3 is 14.0 Å². The average molecular weight is 1050 g/mol. The van der Waals surface area contributed by atoms with Gasteiger partial charge in [0.15, 0.2) is 5.65 Å². The summed E-state index contributed by atoms with van der Waals surface area (Å²) in [5.74, 6) is 0.352. The van der Waals surface area contributed by atoms with Gasteiger partial charge in [0.2, 0.25) is 0 Å². The van der Waals surface area contributed by atoms with Gasteiger partial charge in [-0.05, 0) is 69.0 Å². The van der Waals surface area contributed by atoms with Crippen LogP contribution in [-0.4, -0.2) is 19.5 Å². The first-order valence-electron chi connectivity index (χ1n) is 23.4. The van der Waals surface area contributed by atoms with E-state index in [2.05, 4.69) is 107 Å². The number of pyridine rings is 2. The van der Waals surface area contributed by atoms with Crippen molar-refractivity contribution in [3.8, 4) is 50.6 Å². The summed E-state index contributed by atoms with van der Waals surface area (Å²) in [6.07, 6.45) is 3.64. The Morgan fingerprint density at radius 3 is 2.09 bits per heavy atom. The molecule has 0 unspecified atom stereocenters. The molecule has 5 nitrogen and oxygen atoms in total. The summed E-state index contributed by atoms with van der Waals surface area (Å²) in [6.45, 7) is 12.8. The molecule has 0 amide bonds. The average Bonchev–Trinajstić information content (AvgIpc) is 3.89. The maximum atomic E-state index is 14.7. The van der Waals surface area contributed by atoms with Gasteiger partial charge >= 0.3 is 0 Å². The van der Waals surface area contributed by atoms with Crippen LogP contribution in [0.15, 0.2) is 150 Å². The first-order chi connectivity index (χ1) is 32.5. The fourth-order valence-electron chi connectivity index (χ4n) is 8.32. The first kappa shape index (κ1) is 42.1. The number of benzene rings is 6.